The van der Waals surface area contributed by atoms with Gasteiger partial charge in [-0.1, -0.05) is 6.07 Å². The van der Waals surface area contributed by atoms with Gasteiger partial charge in [0, 0.05) is 23.0 Å². The number of anilines is 1. The van der Waals surface area contributed by atoms with Crippen molar-refractivity contribution in [1.29, 1.82) is 10.7 Å². The van der Waals surface area contributed by atoms with Crippen molar-refractivity contribution < 1.29 is 13.5 Å². The Hall–Kier alpha value is -3.73. The molecule has 1 aliphatic rings. The molecule has 0 saturated carbocycles. The Balaban J connectivity index is 1.60. The zero-order valence-electron chi connectivity index (χ0n) is 16.2. The monoisotopic (exact) mass is 407 g/mol. The first-order valence-corrected chi connectivity index (χ1v) is 9.39. The molecule has 1 heterocycles. The molecule has 1 atom stereocenters. The molecule has 6 nitrogen and oxygen atoms in total. The van der Waals surface area contributed by atoms with Crippen LogP contribution < -0.4 is 10.5 Å². The number of fused-ring (bicyclic) bond motifs is 1. The molecule has 0 aliphatic heterocycles. The normalized spacial score (nSPS) is 15.1. The van der Waals surface area contributed by atoms with Crippen molar-refractivity contribution in [3.05, 3.63) is 76.1 Å². The summed E-state index contributed by atoms with van der Waals surface area (Å²) in [7, 11) is 0. The number of nitriles is 1. The van der Waals surface area contributed by atoms with Crippen LogP contribution in [-0.2, 0) is 6.42 Å². The van der Waals surface area contributed by atoms with E-state index in [9.17, 15) is 14.0 Å². The Morgan fingerprint density at radius 3 is 2.87 bits per heavy atom. The highest BCUT2D eigenvalue weighted by molar-refractivity contribution is 6.13. The average Bonchev–Trinajstić information content (AvgIpc) is 3.37. The van der Waals surface area contributed by atoms with E-state index in [-0.39, 0.29) is 17.4 Å². The Bertz CT molecular complexity index is 1180. The van der Waals surface area contributed by atoms with Crippen LogP contribution in [0.4, 0.5) is 14.5 Å². The lowest BCUT2D eigenvalue weighted by Crippen LogP contribution is -2.08. The number of halogens is 2. The molecule has 30 heavy (non-hydrogen) atoms. The maximum Gasteiger partial charge on any atom is 0.333 e. The molecular weight excluding hydrogens is 388 g/mol. The molecule has 8 heteroatoms. The molecule has 0 fully saturated rings. The van der Waals surface area contributed by atoms with Crippen LogP contribution in [0.25, 0.3) is 0 Å². The van der Waals surface area contributed by atoms with E-state index < -0.39 is 6.55 Å². The summed E-state index contributed by atoms with van der Waals surface area (Å²) in [5.74, 6) is 0.532. The van der Waals surface area contributed by atoms with Crippen LogP contribution in [-0.4, -0.2) is 15.5 Å². The van der Waals surface area contributed by atoms with Crippen molar-refractivity contribution in [2.45, 2.75) is 32.4 Å². The molecule has 0 radical (unpaired) electrons. The number of hydrogen-bond acceptors (Lipinski definition) is 5. The van der Waals surface area contributed by atoms with E-state index in [1.54, 1.807) is 24.3 Å². The van der Waals surface area contributed by atoms with Gasteiger partial charge in [0.25, 0.3) is 0 Å². The van der Waals surface area contributed by atoms with Crippen LogP contribution >= 0.6 is 0 Å². The summed E-state index contributed by atoms with van der Waals surface area (Å²) in [5, 5.41) is 21.2. The lowest BCUT2D eigenvalue weighted by atomic mass is 9.99. The number of hydrogen-bond donors (Lipinski definition) is 2. The van der Waals surface area contributed by atoms with Gasteiger partial charge in [-0.2, -0.15) is 19.1 Å². The number of nitrogens with two attached hydrogens (primary N) is 1. The van der Waals surface area contributed by atoms with Gasteiger partial charge < -0.3 is 10.5 Å². The first-order chi connectivity index (χ1) is 14.4. The highest BCUT2D eigenvalue weighted by atomic mass is 19.3. The highest BCUT2D eigenvalue weighted by Crippen LogP contribution is 2.38. The minimum atomic E-state index is -2.77. The largest absolute Gasteiger partial charge is 0.486 e. The fraction of sp³-hybridized carbons (Fsp3) is 0.227. The van der Waals surface area contributed by atoms with Gasteiger partial charge in [-0.05, 0) is 60.7 Å². The van der Waals surface area contributed by atoms with Gasteiger partial charge in [0.15, 0.2) is 0 Å². The Morgan fingerprint density at radius 1 is 1.37 bits per heavy atom. The van der Waals surface area contributed by atoms with Crippen molar-refractivity contribution in [1.82, 2.24) is 9.78 Å². The summed E-state index contributed by atoms with van der Waals surface area (Å²) < 4.78 is 32.2. The summed E-state index contributed by atoms with van der Waals surface area (Å²) in [6.45, 7) is -0.826. The minimum Gasteiger partial charge on any atom is -0.486 e. The van der Waals surface area contributed by atoms with E-state index in [2.05, 4.69) is 11.2 Å². The average molecular weight is 407 g/mol. The van der Waals surface area contributed by atoms with Crippen LogP contribution in [0.1, 0.15) is 52.5 Å². The Kier molecular flexibility index (Phi) is 4.96. The fourth-order valence-corrected chi connectivity index (χ4v) is 3.80. The minimum absolute atomic E-state index is 0.00817. The molecule has 4 rings (SSSR count). The van der Waals surface area contributed by atoms with Gasteiger partial charge in [-0.25, -0.2) is 4.68 Å². The van der Waals surface area contributed by atoms with E-state index in [0.717, 1.165) is 35.7 Å². The van der Waals surface area contributed by atoms with E-state index in [1.165, 1.54) is 6.20 Å². The number of nitrogen functional groups attached to an aromatic ring is 1. The molecule has 152 valence electrons. The lowest BCUT2D eigenvalue weighted by Gasteiger charge is -2.17. The third kappa shape index (κ3) is 3.39. The predicted octanol–water partition coefficient (Wildman–Crippen LogP) is 4.52. The zero-order chi connectivity index (χ0) is 21.4. The lowest BCUT2D eigenvalue weighted by molar-refractivity contribution is 0.0566. The molecule has 0 saturated heterocycles. The second-order valence-corrected chi connectivity index (χ2v) is 7.17. The molecule has 3 aromatic rings. The highest BCUT2D eigenvalue weighted by Gasteiger charge is 2.27. The topological polar surface area (TPSA) is 101 Å². The van der Waals surface area contributed by atoms with Crippen LogP contribution in [0.2, 0.25) is 0 Å². The SMILES string of the molecule is Cc1c(C#N)ccc2c1CCC2Oc1ccc(N)c(C(=N)c2cnn(C(F)F)c2)c1. The molecule has 0 bridgehead atoms. The molecule has 0 spiro atoms. The van der Waals surface area contributed by atoms with Crippen molar-refractivity contribution in [3.63, 3.8) is 0 Å². The molecule has 1 aromatic heterocycles. The van der Waals surface area contributed by atoms with Crippen molar-refractivity contribution in [2.24, 2.45) is 0 Å². The molecule has 0 amide bonds. The fourth-order valence-electron chi connectivity index (χ4n) is 3.80. The molecule has 3 N–H and O–H groups in total. The predicted molar refractivity (Wildman–Crippen MR) is 108 cm³/mol. The standard InChI is InChI=1S/C22H19F2N5O/c1-12-13(9-25)2-4-17-16(12)5-7-20(17)30-15-3-6-19(26)18(8-15)21(27)14-10-28-29(11-14)22(23)24/h2-4,6,8,10-11,20,22,27H,5,7,26H2,1H3. The van der Waals surface area contributed by atoms with Gasteiger partial charge in [-0.15, -0.1) is 0 Å². The third-order valence-electron chi connectivity index (χ3n) is 5.42. The maximum absolute atomic E-state index is 12.8. The van der Waals surface area contributed by atoms with E-state index in [1.807, 2.05) is 13.0 Å². The maximum atomic E-state index is 12.8. The van der Waals surface area contributed by atoms with E-state index >= 15 is 0 Å². The first-order valence-electron chi connectivity index (χ1n) is 9.39. The van der Waals surface area contributed by atoms with Gasteiger partial charge in [-0.3, -0.25) is 5.41 Å². The number of ether oxygens (including phenoxy) is 1. The van der Waals surface area contributed by atoms with Crippen molar-refractivity contribution in [2.75, 3.05) is 5.73 Å². The first kappa shape index (κ1) is 19.6. The van der Waals surface area contributed by atoms with Gasteiger partial charge in [0.1, 0.15) is 11.9 Å². The van der Waals surface area contributed by atoms with Gasteiger partial charge in [0.05, 0.1) is 23.5 Å². The number of alkyl halides is 2. The molecular formula is C22H19F2N5O. The van der Waals surface area contributed by atoms with Crippen LogP contribution in [0.5, 0.6) is 5.75 Å². The van der Waals surface area contributed by atoms with Crippen molar-refractivity contribution in [3.8, 4) is 11.8 Å². The number of rotatable bonds is 5. The van der Waals surface area contributed by atoms with Gasteiger partial charge in [0.2, 0.25) is 0 Å². The number of nitrogens with zero attached hydrogens (tertiary/aromatic N) is 3. The van der Waals surface area contributed by atoms with Crippen LogP contribution in [0.3, 0.4) is 0 Å². The Labute approximate surface area is 172 Å². The quantitative estimate of drug-likeness (QED) is 0.479. The summed E-state index contributed by atoms with van der Waals surface area (Å²) in [6.07, 6.45) is 3.76. The second kappa shape index (κ2) is 7.59. The Morgan fingerprint density at radius 2 is 2.17 bits per heavy atom. The molecule has 1 unspecified atom stereocenters. The van der Waals surface area contributed by atoms with Crippen LogP contribution in [0.15, 0.2) is 42.7 Å². The summed E-state index contributed by atoms with van der Waals surface area (Å²) in [4.78, 5) is 0. The number of benzene rings is 2. The molecule has 2 aromatic carbocycles. The van der Waals surface area contributed by atoms with Crippen LogP contribution in [0, 0.1) is 23.7 Å². The summed E-state index contributed by atoms with van der Waals surface area (Å²) in [5.41, 5.74) is 10.8. The van der Waals surface area contributed by atoms with E-state index in [0.29, 0.717) is 27.2 Å². The smallest absolute Gasteiger partial charge is 0.333 e. The van der Waals surface area contributed by atoms with Crippen molar-refractivity contribution >= 4 is 11.4 Å². The summed E-state index contributed by atoms with van der Waals surface area (Å²) in [6, 6.07) is 10.9. The molecule has 1 aliphatic carbocycles. The van der Waals surface area contributed by atoms with E-state index in [4.69, 9.17) is 15.9 Å². The van der Waals surface area contributed by atoms with Gasteiger partial charge >= 0.3 is 6.55 Å². The number of aromatic nitrogens is 2. The second-order valence-electron chi connectivity index (χ2n) is 7.17. The zero-order valence-corrected chi connectivity index (χ0v) is 16.2. The third-order valence-corrected chi connectivity index (χ3v) is 5.42. The number of nitrogens with one attached hydrogen (secondary N) is 1. The summed E-state index contributed by atoms with van der Waals surface area (Å²) >= 11 is 0.